The Bertz CT molecular complexity index is 351. The van der Waals surface area contributed by atoms with E-state index in [2.05, 4.69) is 5.32 Å². The molecule has 17 heavy (non-hydrogen) atoms. The van der Waals surface area contributed by atoms with Crippen molar-refractivity contribution in [1.29, 1.82) is 0 Å². The number of nitrogens with one attached hydrogen (secondary N) is 1. The molecule has 0 saturated carbocycles. The summed E-state index contributed by atoms with van der Waals surface area (Å²) < 4.78 is 5.36. The normalized spacial score (nSPS) is 12.4. The van der Waals surface area contributed by atoms with Gasteiger partial charge in [0.2, 0.25) is 0 Å². The van der Waals surface area contributed by atoms with Crippen LogP contribution in [0.25, 0.3) is 0 Å². The van der Waals surface area contributed by atoms with Crippen LogP contribution >= 0.6 is 11.8 Å². The predicted octanol–water partition coefficient (Wildman–Crippen LogP) is 2.03. The molecule has 0 fully saturated rings. The van der Waals surface area contributed by atoms with E-state index in [1.807, 2.05) is 13.2 Å². The van der Waals surface area contributed by atoms with Crippen molar-refractivity contribution in [3.05, 3.63) is 23.7 Å². The number of aliphatic hydroxyl groups excluding tert-OH is 1. The predicted molar refractivity (Wildman–Crippen MR) is 69.2 cm³/mol. The summed E-state index contributed by atoms with van der Waals surface area (Å²) in [5.74, 6) is 1.58. The van der Waals surface area contributed by atoms with Gasteiger partial charge in [0.25, 0.3) is 5.91 Å². The van der Waals surface area contributed by atoms with E-state index in [4.69, 9.17) is 4.42 Å². The molecule has 0 radical (unpaired) electrons. The van der Waals surface area contributed by atoms with Gasteiger partial charge in [-0.3, -0.25) is 4.79 Å². The zero-order valence-corrected chi connectivity index (χ0v) is 11.0. The topological polar surface area (TPSA) is 62.5 Å². The third-order valence-electron chi connectivity index (χ3n) is 2.29. The first-order chi connectivity index (χ1) is 8.17. The fourth-order valence-electron chi connectivity index (χ4n) is 1.45. The van der Waals surface area contributed by atoms with Gasteiger partial charge in [-0.2, -0.15) is 11.8 Å². The van der Waals surface area contributed by atoms with E-state index in [1.54, 1.807) is 23.9 Å². The monoisotopic (exact) mass is 257 g/mol. The highest BCUT2D eigenvalue weighted by atomic mass is 32.2. The van der Waals surface area contributed by atoms with Gasteiger partial charge >= 0.3 is 0 Å². The third-order valence-corrected chi connectivity index (χ3v) is 2.87. The zero-order chi connectivity index (χ0) is 12.7. The standard InChI is InChI=1S/C12H19NO3S/c1-3-4-9(14)7-13-12(15)11-6-5-10(16-11)8-17-2/h5-6,9,14H,3-4,7-8H2,1-2H3,(H,13,15). The largest absolute Gasteiger partial charge is 0.455 e. The van der Waals surface area contributed by atoms with E-state index in [0.717, 1.165) is 17.9 Å². The van der Waals surface area contributed by atoms with Crippen LogP contribution in [0.15, 0.2) is 16.5 Å². The van der Waals surface area contributed by atoms with Crippen molar-refractivity contribution in [2.45, 2.75) is 31.6 Å². The number of rotatable bonds is 7. The molecule has 1 aromatic heterocycles. The van der Waals surface area contributed by atoms with Gasteiger partial charge in [0.1, 0.15) is 5.76 Å². The number of hydrogen-bond donors (Lipinski definition) is 2. The molecule has 0 aliphatic rings. The second-order valence-corrected chi connectivity index (χ2v) is 4.72. The smallest absolute Gasteiger partial charge is 0.287 e. The molecule has 0 aliphatic heterocycles. The molecule has 1 rings (SSSR count). The number of carbonyl (C=O) groups excluding carboxylic acids is 1. The molecule has 0 saturated heterocycles. The quantitative estimate of drug-likeness (QED) is 0.784. The number of amides is 1. The molecule has 1 unspecified atom stereocenters. The third kappa shape index (κ3) is 4.83. The van der Waals surface area contributed by atoms with Crippen LogP contribution < -0.4 is 5.32 Å². The molecular weight excluding hydrogens is 238 g/mol. The summed E-state index contributed by atoms with van der Waals surface area (Å²) in [6.07, 6.45) is 3.08. The fraction of sp³-hybridized carbons (Fsp3) is 0.583. The number of aliphatic hydroxyl groups is 1. The minimum atomic E-state index is -0.482. The van der Waals surface area contributed by atoms with Crippen molar-refractivity contribution in [3.63, 3.8) is 0 Å². The van der Waals surface area contributed by atoms with Gasteiger partial charge in [-0.25, -0.2) is 0 Å². The summed E-state index contributed by atoms with van der Waals surface area (Å²) in [5, 5.41) is 12.1. The molecule has 0 bridgehead atoms. The van der Waals surface area contributed by atoms with Gasteiger partial charge in [0, 0.05) is 6.54 Å². The van der Waals surface area contributed by atoms with Crippen LogP contribution in [0.3, 0.4) is 0 Å². The minimum Gasteiger partial charge on any atom is -0.455 e. The number of carbonyl (C=O) groups is 1. The first-order valence-corrected chi connectivity index (χ1v) is 7.10. The Labute approximate surface area is 106 Å². The Hall–Kier alpha value is -0.940. The van der Waals surface area contributed by atoms with E-state index in [9.17, 15) is 9.90 Å². The molecule has 1 atom stereocenters. The van der Waals surface area contributed by atoms with Crippen LogP contribution in [0.5, 0.6) is 0 Å². The summed E-state index contributed by atoms with van der Waals surface area (Å²) in [4.78, 5) is 11.6. The Balaban J connectivity index is 2.40. The summed E-state index contributed by atoms with van der Waals surface area (Å²) in [7, 11) is 0. The van der Waals surface area contributed by atoms with Gasteiger partial charge < -0.3 is 14.8 Å². The lowest BCUT2D eigenvalue weighted by molar-refractivity contribution is 0.0882. The van der Waals surface area contributed by atoms with Crippen LogP contribution in [-0.2, 0) is 5.75 Å². The molecule has 0 spiro atoms. The number of hydrogen-bond acceptors (Lipinski definition) is 4. The van der Waals surface area contributed by atoms with Crippen LogP contribution in [-0.4, -0.2) is 29.9 Å². The van der Waals surface area contributed by atoms with E-state index in [-0.39, 0.29) is 12.5 Å². The Morgan fingerprint density at radius 3 is 3.00 bits per heavy atom. The molecule has 0 aromatic carbocycles. The van der Waals surface area contributed by atoms with Crippen LogP contribution in [0.4, 0.5) is 0 Å². The van der Waals surface area contributed by atoms with Crippen LogP contribution in [0.1, 0.15) is 36.1 Å². The maximum atomic E-state index is 11.6. The maximum Gasteiger partial charge on any atom is 0.287 e. The first-order valence-electron chi connectivity index (χ1n) is 5.71. The van der Waals surface area contributed by atoms with E-state index < -0.39 is 6.10 Å². The highest BCUT2D eigenvalue weighted by Gasteiger charge is 2.12. The SMILES string of the molecule is CCCC(O)CNC(=O)c1ccc(CSC)o1. The van der Waals surface area contributed by atoms with Crippen molar-refractivity contribution in [2.75, 3.05) is 12.8 Å². The lowest BCUT2D eigenvalue weighted by Crippen LogP contribution is -2.31. The van der Waals surface area contributed by atoms with E-state index in [0.29, 0.717) is 12.2 Å². The zero-order valence-electron chi connectivity index (χ0n) is 10.2. The summed E-state index contributed by atoms with van der Waals surface area (Å²) in [6, 6.07) is 3.46. The molecule has 1 aromatic rings. The Kier molecular flexibility index (Phi) is 6.15. The molecule has 0 aliphatic carbocycles. The lowest BCUT2D eigenvalue weighted by Gasteiger charge is -2.09. The summed E-state index contributed by atoms with van der Waals surface area (Å²) in [5.41, 5.74) is 0. The molecule has 1 amide bonds. The van der Waals surface area contributed by atoms with Crippen molar-refractivity contribution < 1.29 is 14.3 Å². The van der Waals surface area contributed by atoms with Gasteiger partial charge in [0.15, 0.2) is 5.76 Å². The van der Waals surface area contributed by atoms with Crippen molar-refractivity contribution >= 4 is 17.7 Å². The minimum absolute atomic E-state index is 0.269. The second-order valence-electron chi connectivity index (χ2n) is 3.85. The van der Waals surface area contributed by atoms with E-state index in [1.165, 1.54) is 0 Å². The Morgan fingerprint density at radius 2 is 2.35 bits per heavy atom. The summed E-state index contributed by atoms with van der Waals surface area (Å²) in [6.45, 7) is 2.26. The van der Waals surface area contributed by atoms with Crippen molar-refractivity contribution in [2.24, 2.45) is 0 Å². The maximum absolute atomic E-state index is 11.6. The molecule has 4 nitrogen and oxygen atoms in total. The molecular formula is C12H19NO3S. The van der Waals surface area contributed by atoms with Gasteiger partial charge in [-0.1, -0.05) is 13.3 Å². The molecule has 96 valence electrons. The van der Waals surface area contributed by atoms with Crippen molar-refractivity contribution in [3.8, 4) is 0 Å². The Morgan fingerprint density at radius 1 is 1.59 bits per heavy atom. The molecule has 1 heterocycles. The second kappa shape index (κ2) is 7.40. The molecule has 2 N–H and O–H groups in total. The van der Waals surface area contributed by atoms with Gasteiger partial charge in [-0.15, -0.1) is 0 Å². The lowest BCUT2D eigenvalue weighted by atomic mass is 10.2. The van der Waals surface area contributed by atoms with Crippen LogP contribution in [0.2, 0.25) is 0 Å². The highest BCUT2D eigenvalue weighted by Crippen LogP contribution is 2.13. The molecule has 5 heteroatoms. The highest BCUT2D eigenvalue weighted by molar-refractivity contribution is 7.97. The number of furan rings is 1. The average molecular weight is 257 g/mol. The first kappa shape index (κ1) is 14.1. The average Bonchev–Trinajstić information content (AvgIpc) is 2.75. The van der Waals surface area contributed by atoms with Crippen molar-refractivity contribution in [1.82, 2.24) is 5.32 Å². The number of thioether (sulfide) groups is 1. The van der Waals surface area contributed by atoms with Crippen LogP contribution in [0, 0.1) is 0 Å². The van der Waals surface area contributed by atoms with E-state index >= 15 is 0 Å². The summed E-state index contributed by atoms with van der Waals surface area (Å²) >= 11 is 1.64. The van der Waals surface area contributed by atoms with Gasteiger partial charge in [0.05, 0.1) is 11.9 Å². The van der Waals surface area contributed by atoms with Gasteiger partial charge in [-0.05, 0) is 24.8 Å². The fourth-order valence-corrected chi connectivity index (χ4v) is 1.89.